The Bertz CT molecular complexity index is 529. The average Bonchev–Trinajstić information content (AvgIpc) is 2.92. The summed E-state index contributed by atoms with van der Waals surface area (Å²) in [6.07, 6.45) is 0. The molecule has 1 aromatic heterocycles. The lowest BCUT2D eigenvalue weighted by Gasteiger charge is -2.34. The number of thiophene rings is 1. The van der Waals surface area contributed by atoms with Crippen LogP contribution in [0, 0.1) is 5.92 Å². The molecule has 1 fully saturated rings. The molecule has 1 aliphatic heterocycles. The predicted octanol–water partition coefficient (Wildman–Crippen LogP) is 1.24. The predicted molar refractivity (Wildman–Crippen MR) is 74.5 cm³/mol. The molecule has 0 aromatic carbocycles. The van der Waals surface area contributed by atoms with Crippen molar-refractivity contribution >= 4 is 27.3 Å². The fraction of sp³-hybridized carbons (Fsp3) is 0.583. The van der Waals surface area contributed by atoms with Gasteiger partial charge in [0.2, 0.25) is 5.91 Å². The van der Waals surface area contributed by atoms with Crippen LogP contribution in [-0.4, -0.2) is 49.7 Å². The maximum atomic E-state index is 12.3. The summed E-state index contributed by atoms with van der Waals surface area (Å²) in [5.74, 6) is 0.0497. The van der Waals surface area contributed by atoms with Crippen LogP contribution in [0.2, 0.25) is 0 Å². The molecule has 7 heteroatoms. The molecule has 1 saturated heterocycles. The van der Waals surface area contributed by atoms with Crippen molar-refractivity contribution in [2.24, 2.45) is 5.92 Å². The van der Waals surface area contributed by atoms with E-state index in [2.05, 4.69) is 0 Å². The smallest absolute Gasteiger partial charge is 0.252 e. The SMILES string of the molecule is CC(C)C(=O)N1CCN(S(=O)(=O)c2cccs2)CC1. The lowest BCUT2D eigenvalue weighted by molar-refractivity contribution is -0.135. The summed E-state index contributed by atoms with van der Waals surface area (Å²) in [4.78, 5) is 13.6. The van der Waals surface area contributed by atoms with Gasteiger partial charge in [0, 0.05) is 32.1 Å². The molecule has 0 unspecified atom stereocenters. The van der Waals surface area contributed by atoms with E-state index in [0.29, 0.717) is 30.4 Å². The van der Waals surface area contributed by atoms with Crippen LogP contribution in [0.3, 0.4) is 0 Å². The van der Waals surface area contributed by atoms with Crippen LogP contribution in [0.5, 0.6) is 0 Å². The molecule has 0 aliphatic carbocycles. The Morgan fingerprint density at radius 2 is 1.89 bits per heavy atom. The minimum Gasteiger partial charge on any atom is -0.340 e. The summed E-state index contributed by atoms with van der Waals surface area (Å²) in [7, 11) is -3.37. The summed E-state index contributed by atoms with van der Waals surface area (Å²) in [6, 6.07) is 3.35. The fourth-order valence-electron chi connectivity index (χ4n) is 2.05. The topological polar surface area (TPSA) is 57.7 Å². The first-order valence-corrected chi connectivity index (χ1v) is 8.57. The highest BCUT2D eigenvalue weighted by molar-refractivity contribution is 7.91. The quantitative estimate of drug-likeness (QED) is 0.844. The van der Waals surface area contributed by atoms with Gasteiger partial charge < -0.3 is 4.90 Å². The molecule has 106 valence electrons. The Balaban J connectivity index is 2.03. The molecule has 0 saturated carbocycles. The molecule has 1 aliphatic rings. The first kappa shape index (κ1) is 14.5. The van der Waals surface area contributed by atoms with Crippen molar-refractivity contribution in [3.05, 3.63) is 17.5 Å². The Kier molecular flexibility index (Phi) is 4.27. The van der Waals surface area contributed by atoms with Crippen LogP contribution in [0.15, 0.2) is 21.7 Å². The number of hydrogen-bond donors (Lipinski definition) is 0. The summed E-state index contributed by atoms with van der Waals surface area (Å²) in [6.45, 7) is 5.41. The summed E-state index contributed by atoms with van der Waals surface area (Å²) >= 11 is 1.23. The second kappa shape index (κ2) is 5.60. The number of amides is 1. The monoisotopic (exact) mass is 302 g/mol. The number of hydrogen-bond acceptors (Lipinski definition) is 4. The van der Waals surface area contributed by atoms with E-state index in [9.17, 15) is 13.2 Å². The minimum absolute atomic E-state index is 0.0412. The molecule has 1 amide bonds. The molecule has 2 heterocycles. The maximum Gasteiger partial charge on any atom is 0.252 e. The number of rotatable bonds is 3. The van der Waals surface area contributed by atoms with Crippen LogP contribution in [0.25, 0.3) is 0 Å². The zero-order chi connectivity index (χ0) is 14.0. The Morgan fingerprint density at radius 1 is 1.26 bits per heavy atom. The van der Waals surface area contributed by atoms with E-state index >= 15 is 0 Å². The highest BCUT2D eigenvalue weighted by Gasteiger charge is 2.31. The third-order valence-corrected chi connectivity index (χ3v) is 6.41. The van der Waals surface area contributed by atoms with Crippen LogP contribution >= 0.6 is 11.3 Å². The molecular formula is C12H18N2O3S2. The molecule has 2 rings (SSSR count). The Morgan fingerprint density at radius 3 is 2.37 bits per heavy atom. The van der Waals surface area contributed by atoms with E-state index in [1.165, 1.54) is 15.6 Å². The van der Waals surface area contributed by atoms with Crippen molar-refractivity contribution in [2.75, 3.05) is 26.2 Å². The number of nitrogens with zero attached hydrogens (tertiary/aromatic N) is 2. The van der Waals surface area contributed by atoms with Gasteiger partial charge in [-0.15, -0.1) is 11.3 Å². The van der Waals surface area contributed by atoms with Crippen molar-refractivity contribution in [3.63, 3.8) is 0 Å². The van der Waals surface area contributed by atoms with Gasteiger partial charge in [0.1, 0.15) is 4.21 Å². The molecule has 0 N–H and O–H groups in total. The third-order valence-electron chi connectivity index (χ3n) is 3.13. The van der Waals surface area contributed by atoms with Gasteiger partial charge in [0.15, 0.2) is 0 Å². The first-order valence-electron chi connectivity index (χ1n) is 6.25. The normalized spacial score (nSPS) is 17.9. The van der Waals surface area contributed by atoms with Crippen LogP contribution in [-0.2, 0) is 14.8 Å². The summed E-state index contributed by atoms with van der Waals surface area (Å²) < 4.78 is 26.4. The van der Waals surface area contributed by atoms with Crippen molar-refractivity contribution in [3.8, 4) is 0 Å². The van der Waals surface area contributed by atoms with Gasteiger partial charge in [-0.05, 0) is 11.4 Å². The molecule has 0 radical (unpaired) electrons. The van der Waals surface area contributed by atoms with E-state index in [1.807, 2.05) is 13.8 Å². The van der Waals surface area contributed by atoms with E-state index in [4.69, 9.17) is 0 Å². The zero-order valence-corrected chi connectivity index (χ0v) is 12.7. The van der Waals surface area contributed by atoms with Crippen LogP contribution in [0.1, 0.15) is 13.8 Å². The summed E-state index contributed by atoms with van der Waals surface area (Å²) in [5.41, 5.74) is 0. The lowest BCUT2D eigenvalue weighted by atomic mass is 10.2. The molecule has 1 aromatic rings. The van der Waals surface area contributed by atoms with Gasteiger partial charge >= 0.3 is 0 Å². The van der Waals surface area contributed by atoms with Gasteiger partial charge in [0.25, 0.3) is 10.0 Å². The fourth-order valence-corrected chi connectivity index (χ4v) is 4.62. The largest absolute Gasteiger partial charge is 0.340 e. The van der Waals surface area contributed by atoms with E-state index in [0.717, 1.165) is 0 Å². The second-order valence-electron chi connectivity index (χ2n) is 4.82. The Hall–Kier alpha value is -0.920. The third kappa shape index (κ3) is 2.98. The number of piperazine rings is 1. The minimum atomic E-state index is -3.37. The Labute approximate surface area is 117 Å². The van der Waals surface area contributed by atoms with Crippen molar-refractivity contribution in [1.82, 2.24) is 9.21 Å². The van der Waals surface area contributed by atoms with Crippen molar-refractivity contribution < 1.29 is 13.2 Å². The molecule has 5 nitrogen and oxygen atoms in total. The van der Waals surface area contributed by atoms with E-state index in [1.54, 1.807) is 22.4 Å². The van der Waals surface area contributed by atoms with Gasteiger partial charge in [0.05, 0.1) is 0 Å². The van der Waals surface area contributed by atoms with Crippen molar-refractivity contribution in [2.45, 2.75) is 18.1 Å². The van der Waals surface area contributed by atoms with Crippen molar-refractivity contribution in [1.29, 1.82) is 0 Å². The van der Waals surface area contributed by atoms with Gasteiger partial charge in [-0.3, -0.25) is 4.79 Å². The average molecular weight is 302 g/mol. The molecular weight excluding hydrogens is 284 g/mol. The van der Waals surface area contributed by atoms with Crippen LogP contribution in [0.4, 0.5) is 0 Å². The maximum absolute atomic E-state index is 12.3. The highest BCUT2D eigenvalue weighted by Crippen LogP contribution is 2.22. The zero-order valence-electron chi connectivity index (χ0n) is 11.1. The second-order valence-corrected chi connectivity index (χ2v) is 7.93. The van der Waals surface area contributed by atoms with Gasteiger partial charge in [-0.2, -0.15) is 4.31 Å². The van der Waals surface area contributed by atoms with Gasteiger partial charge in [-0.1, -0.05) is 19.9 Å². The number of carbonyl (C=O) groups excluding carboxylic acids is 1. The number of carbonyl (C=O) groups is 1. The van der Waals surface area contributed by atoms with Crippen LogP contribution < -0.4 is 0 Å². The summed E-state index contributed by atoms with van der Waals surface area (Å²) in [5, 5.41) is 1.76. The first-order chi connectivity index (χ1) is 8.93. The number of sulfonamides is 1. The van der Waals surface area contributed by atoms with E-state index in [-0.39, 0.29) is 11.8 Å². The lowest BCUT2D eigenvalue weighted by Crippen LogP contribution is -2.51. The standard InChI is InChI=1S/C12H18N2O3S2/c1-10(2)12(15)13-5-7-14(8-6-13)19(16,17)11-4-3-9-18-11/h3-4,9-10H,5-8H2,1-2H3. The molecule has 19 heavy (non-hydrogen) atoms. The highest BCUT2D eigenvalue weighted by atomic mass is 32.2. The molecule has 0 bridgehead atoms. The van der Waals surface area contributed by atoms with Gasteiger partial charge in [-0.25, -0.2) is 8.42 Å². The molecule has 0 spiro atoms. The molecule has 0 atom stereocenters. The van der Waals surface area contributed by atoms with E-state index < -0.39 is 10.0 Å².